The lowest BCUT2D eigenvalue weighted by atomic mass is 9.45. The average Bonchev–Trinajstić information content (AvgIpc) is 2.99. The molecule has 0 spiro atoms. The molecule has 4 fully saturated rings. The van der Waals surface area contributed by atoms with E-state index >= 15 is 0 Å². The highest BCUT2D eigenvalue weighted by atomic mass is 16.4. The van der Waals surface area contributed by atoms with Crippen molar-refractivity contribution in [1.82, 2.24) is 0 Å². The van der Waals surface area contributed by atoms with E-state index in [-0.39, 0.29) is 5.63 Å². The van der Waals surface area contributed by atoms with Crippen LogP contribution in [0, 0.1) is 34.5 Å². The molecule has 2 heteroatoms. The zero-order valence-electron chi connectivity index (χ0n) is 16.5. The molecular formula is C24H34O2. The van der Waals surface area contributed by atoms with E-state index < -0.39 is 0 Å². The Bertz CT molecular complexity index is 715. The first-order valence-electron chi connectivity index (χ1n) is 11.1. The number of hydrogen-bond acceptors (Lipinski definition) is 2. The van der Waals surface area contributed by atoms with Gasteiger partial charge in [-0.15, -0.1) is 0 Å². The third kappa shape index (κ3) is 2.33. The predicted molar refractivity (Wildman–Crippen MR) is 104 cm³/mol. The molecule has 7 unspecified atom stereocenters. The first kappa shape index (κ1) is 17.1. The smallest absolute Gasteiger partial charge is 0.335 e. The fourth-order valence-electron chi connectivity index (χ4n) is 8.41. The third-order valence-electron chi connectivity index (χ3n) is 9.71. The second kappa shape index (κ2) is 5.97. The van der Waals surface area contributed by atoms with Crippen molar-refractivity contribution in [3.05, 3.63) is 34.4 Å². The van der Waals surface area contributed by atoms with Crippen LogP contribution in [0.3, 0.4) is 0 Å². The van der Waals surface area contributed by atoms with Gasteiger partial charge in [-0.05, 0) is 103 Å². The van der Waals surface area contributed by atoms with Gasteiger partial charge in [0.15, 0.2) is 0 Å². The molecule has 0 radical (unpaired) electrons. The summed E-state index contributed by atoms with van der Waals surface area (Å²) in [5.74, 6) is 4.36. The molecule has 0 saturated heterocycles. The number of hydrogen-bond donors (Lipinski definition) is 0. The highest BCUT2D eigenvalue weighted by Gasteiger charge is 2.59. The fraction of sp³-hybridized carbons (Fsp3) is 0.792. The molecule has 4 aliphatic carbocycles. The van der Waals surface area contributed by atoms with Gasteiger partial charge in [0.1, 0.15) is 0 Å². The lowest BCUT2D eigenvalue weighted by Gasteiger charge is -2.60. The molecule has 0 N–H and O–H groups in total. The van der Waals surface area contributed by atoms with Crippen molar-refractivity contribution in [3.8, 4) is 0 Å². The van der Waals surface area contributed by atoms with Gasteiger partial charge >= 0.3 is 5.63 Å². The summed E-state index contributed by atoms with van der Waals surface area (Å²) in [5, 5.41) is 0. The molecule has 142 valence electrons. The maximum Gasteiger partial charge on any atom is 0.335 e. The standard InChI is InChI=1S/C24H34O2/c1-23-13-4-3-5-17(23)7-8-18-20-10-9-19(16-6-11-22(25)26-15-16)24(20,2)14-12-21(18)23/h6,11,15,17-21H,3-5,7-10,12-14H2,1-2H3. The van der Waals surface area contributed by atoms with E-state index in [2.05, 4.69) is 13.8 Å². The highest BCUT2D eigenvalue weighted by molar-refractivity contribution is 5.22. The van der Waals surface area contributed by atoms with Gasteiger partial charge in [-0.1, -0.05) is 26.7 Å². The molecule has 2 nitrogen and oxygen atoms in total. The van der Waals surface area contributed by atoms with Gasteiger partial charge in [-0.3, -0.25) is 0 Å². The molecule has 5 rings (SSSR count). The lowest BCUT2D eigenvalue weighted by molar-refractivity contribution is -0.106. The summed E-state index contributed by atoms with van der Waals surface area (Å²) in [7, 11) is 0. The van der Waals surface area contributed by atoms with Crippen LogP contribution in [0.4, 0.5) is 0 Å². The van der Waals surface area contributed by atoms with Crippen LogP contribution >= 0.6 is 0 Å². The summed E-state index contributed by atoms with van der Waals surface area (Å²) in [6, 6.07) is 3.65. The molecule has 0 amide bonds. The minimum absolute atomic E-state index is 0.222. The largest absolute Gasteiger partial charge is 0.431 e. The molecule has 4 saturated carbocycles. The van der Waals surface area contributed by atoms with E-state index in [4.69, 9.17) is 4.42 Å². The summed E-state index contributed by atoms with van der Waals surface area (Å²) >= 11 is 0. The average molecular weight is 355 g/mol. The van der Waals surface area contributed by atoms with Crippen molar-refractivity contribution in [3.63, 3.8) is 0 Å². The highest BCUT2D eigenvalue weighted by Crippen LogP contribution is 2.68. The topological polar surface area (TPSA) is 30.2 Å². The van der Waals surface area contributed by atoms with E-state index in [1.165, 1.54) is 69.8 Å². The van der Waals surface area contributed by atoms with Crippen molar-refractivity contribution < 1.29 is 4.42 Å². The Kier molecular flexibility index (Phi) is 3.92. The van der Waals surface area contributed by atoms with Gasteiger partial charge in [0.25, 0.3) is 0 Å². The van der Waals surface area contributed by atoms with Crippen LogP contribution < -0.4 is 5.63 Å². The van der Waals surface area contributed by atoms with Crippen molar-refractivity contribution in [2.45, 2.75) is 84.0 Å². The number of fused-ring (bicyclic) bond motifs is 5. The van der Waals surface area contributed by atoms with Gasteiger partial charge in [0, 0.05) is 6.07 Å². The minimum Gasteiger partial charge on any atom is -0.431 e. The van der Waals surface area contributed by atoms with Gasteiger partial charge in [0.2, 0.25) is 0 Å². The van der Waals surface area contributed by atoms with E-state index in [1.54, 1.807) is 12.3 Å². The Morgan fingerprint density at radius 2 is 1.73 bits per heavy atom. The van der Waals surface area contributed by atoms with Crippen LogP contribution in [0.25, 0.3) is 0 Å². The Morgan fingerprint density at radius 1 is 0.885 bits per heavy atom. The molecular weight excluding hydrogens is 320 g/mol. The summed E-state index contributed by atoms with van der Waals surface area (Å²) in [6.07, 6.45) is 16.1. The van der Waals surface area contributed by atoms with Crippen LogP contribution in [0.15, 0.2) is 27.6 Å². The van der Waals surface area contributed by atoms with Crippen molar-refractivity contribution in [2.24, 2.45) is 34.5 Å². The van der Waals surface area contributed by atoms with Gasteiger partial charge in [-0.25, -0.2) is 4.79 Å². The van der Waals surface area contributed by atoms with Crippen LogP contribution in [-0.2, 0) is 0 Å². The first-order valence-corrected chi connectivity index (χ1v) is 11.1. The van der Waals surface area contributed by atoms with Gasteiger partial charge in [0.05, 0.1) is 6.26 Å². The van der Waals surface area contributed by atoms with Gasteiger partial charge in [-0.2, -0.15) is 0 Å². The quantitative estimate of drug-likeness (QED) is 0.605. The Labute approximate surface area is 157 Å². The summed E-state index contributed by atoms with van der Waals surface area (Å²) in [4.78, 5) is 11.4. The molecule has 0 aromatic carbocycles. The SMILES string of the molecule is CC12CCCCC1CCC1C2CCC2(C)C(c3ccc(=O)oc3)CCC12. The van der Waals surface area contributed by atoms with Crippen LogP contribution in [-0.4, -0.2) is 0 Å². The van der Waals surface area contributed by atoms with Crippen LogP contribution in [0.5, 0.6) is 0 Å². The van der Waals surface area contributed by atoms with Crippen LogP contribution in [0.1, 0.15) is 89.5 Å². The zero-order valence-corrected chi connectivity index (χ0v) is 16.5. The van der Waals surface area contributed by atoms with Gasteiger partial charge < -0.3 is 4.42 Å². The molecule has 1 aromatic heterocycles. The molecule has 4 aliphatic rings. The summed E-state index contributed by atoms with van der Waals surface area (Å²) in [5.41, 5.74) is 2.07. The maximum atomic E-state index is 11.4. The van der Waals surface area contributed by atoms with Crippen molar-refractivity contribution in [1.29, 1.82) is 0 Å². The summed E-state index contributed by atoms with van der Waals surface area (Å²) < 4.78 is 5.23. The van der Waals surface area contributed by atoms with E-state index in [0.29, 0.717) is 16.7 Å². The molecule has 1 aromatic rings. The zero-order chi connectivity index (χ0) is 17.9. The van der Waals surface area contributed by atoms with E-state index in [9.17, 15) is 4.79 Å². The molecule has 0 bridgehead atoms. The number of rotatable bonds is 1. The predicted octanol–water partition coefficient (Wildman–Crippen LogP) is 6.16. The maximum absolute atomic E-state index is 11.4. The minimum atomic E-state index is -0.222. The molecule has 1 heterocycles. The second-order valence-corrected chi connectivity index (χ2v) is 10.5. The van der Waals surface area contributed by atoms with Crippen molar-refractivity contribution in [2.75, 3.05) is 0 Å². The Balaban J connectivity index is 1.45. The normalized spacial score (nSPS) is 47.7. The van der Waals surface area contributed by atoms with E-state index in [1.807, 2.05) is 6.07 Å². The molecule has 26 heavy (non-hydrogen) atoms. The Morgan fingerprint density at radius 3 is 2.54 bits per heavy atom. The monoisotopic (exact) mass is 354 g/mol. The second-order valence-electron chi connectivity index (χ2n) is 10.5. The van der Waals surface area contributed by atoms with Crippen molar-refractivity contribution >= 4 is 0 Å². The fourth-order valence-corrected chi connectivity index (χ4v) is 8.41. The third-order valence-corrected chi connectivity index (χ3v) is 9.71. The first-order chi connectivity index (χ1) is 12.5. The Hall–Kier alpha value is -1.05. The summed E-state index contributed by atoms with van der Waals surface area (Å²) in [6.45, 7) is 5.22. The van der Waals surface area contributed by atoms with E-state index in [0.717, 1.165) is 23.7 Å². The van der Waals surface area contributed by atoms with Crippen LogP contribution in [0.2, 0.25) is 0 Å². The lowest BCUT2D eigenvalue weighted by Crippen LogP contribution is -2.52. The molecule has 0 aliphatic heterocycles. The molecule has 7 atom stereocenters.